The molecule has 21 heavy (non-hydrogen) atoms. The number of fused-ring (bicyclic) bond motifs is 3. The third-order valence-corrected chi connectivity index (χ3v) is 3.96. The smallest absolute Gasteiger partial charge is 0.294 e. The van der Waals surface area contributed by atoms with E-state index in [2.05, 4.69) is 9.97 Å². The van der Waals surface area contributed by atoms with Crippen LogP contribution in [0.15, 0.2) is 15.8 Å². The van der Waals surface area contributed by atoms with Crippen molar-refractivity contribution in [2.45, 2.75) is 39.7 Å². The van der Waals surface area contributed by atoms with E-state index in [4.69, 9.17) is 0 Å². The summed E-state index contributed by atoms with van der Waals surface area (Å²) in [6.07, 6.45) is 2.63. The van der Waals surface area contributed by atoms with E-state index in [0.717, 1.165) is 5.56 Å². The van der Waals surface area contributed by atoms with Crippen LogP contribution in [0.1, 0.15) is 49.2 Å². The van der Waals surface area contributed by atoms with Crippen LogP contribution in [0.25, 0.3) is 11.0 Å². The molecule has 0 saturated heterocycles. The largest absolute Gasteiger partial charge is 0.330 e. The van der Waals surface area contributed by atoms with Crippen LogP contribution in [0.4, 0.5) is 0 Å². The SMILES string of the molecule is CC(C)n1c(=O)[nH]c(=O)c2c3c(cnc21)C(=O)C[C@@H](C)C3. The Morgan fingerprint density at radius 3 is 2.67 bits per heavy atom. The van der Waals surface area contributed by atoms with E-state index < -0.39 is 11.2 Å². The molecule has 2 aromatic heterocycles. The minimum atomic E-state index is -0.467. The normalized spacial score (nSPS) is 18.3. The van der Waals surface area contributed by atoms with Gasteiger partial charge in [0, 0.05) is 24.2 Å². The second-order valence-electron chi connectivity index (χ2n) is 6.01. The van der Waals surface area contributed by atoms with Gasteiger partial charge in [0.1, 0.15) is 5.65 Å². The maximum absolute atomic E-state index is 12.2. The number of carbonyl (C=O) groups is 1. The molecule has 0 aliphatic heterocycles. The average molecular weight is 287 g/mol. The van der Waals surface area contributed by atoms with Crippen molar-refractivity contribution in [2.75, 3.05) is 0 Å². The molecule has 1 atom stereocenters. The summed E-state index contributed by atoms with van der Waals surface area (Å²) in [4.78, 5) is 42.9. The molecular formula is C15H17N3O3. The minimum Gasteiger partial charge on any atom is -0.294 e. The molecule has 0 radical (unpaired) electrons. The van der Waals surface area contributed by atoms with E-state index in [-0.39, 0.29) is 17.7 Å². The Balaban J connectivity index is 2.48. The number of nitrogens with one attached hydrogen (secondary N) is 1. The summed E-state index contributed by atoms with van der Waals surface area (Å²) in [5, 5.41) is 0.376. The van der Waals surface area contributed by atoms with Gasteiger partial charge in [-0.15, -0.1) is 0 Å². The van der Waals surface area contributed by atoms with Crippen molar-refractivity contribution in [3.05, 3.63) is 38.2 Å². The van der Waals surface area contributed by atoms with Gasteiger partial charge >= 0.3 is 5.69 Å². The number of Topliss-reactive ketones (excluding diaryl/α,β-unsaturated/α-hetero) is 1. The number of aromatic nitrogens is 3. The van der Waals surface area contributed by atoms with E-state index in [1.165, 1.54) is 10.8 Å². The van der Waals surface area contributed by atoms with Crippen molar-refractivity contribution in [3.63, 3.8) is 0 Å². The van der Waals surface area contributed by atoms with E-state index in [1.807, 2.05) is 20.8 Å². The van der Waals surface area contributed by atoms with Crippen molar-refractivity contribution in [2.24, 2.45) is 5.92 Å². The van der Waals surface area contributed by atoms with Crippen molar-refractivity contribution in [3.8, 4) is 0 Å². The first-order valence-electron chi connectivity index (χ1n) is 7.09. The Labute approximate surface area is 120 Å². The van der Waals surface area contributed by atoms with Crippen LogP contribution >= 0.6 is 0 Å². The van der Waals surface area contributed by atoms with Gasteiger partial charge in [0.25, 0.3) is 5.56 Å². The zero-order valence-electron chi connectivity index (χ0n) is 12.3. The highest BCUT2D eigenvalue weighted by Crippen LogP contribution is 2.28. The molecule has 0 aromatic carbocycles. The van der Waals surface area contributed by atoms with Crippen LogP contribution in [-0.2, 0) is 6.42 Å². The van der Waals surface area contributed by atoms with Gasteiger partial charge in [-0.2, -0.15) is 0 Å². The Bertz CT molecular complexity index is 861. The number of carbonyl (C=O) groups excluding carboxylic acids is 1. The van der Waals surface area contributed by atoms with Crippen LogP contribution < -0.4 is 11.2 Å². The molecule has 0 fully saturated rings. The average Bonchev–Trinajstić information content (AvgIpc) is 2.36. The van der Waals surface area contributed by atoms with Gasteiger partial charge in [0.05, 0.1) is 5.39 Å². The zero-order valence-corrected chi connectivity index (χ0v) is 12.3. The van der Waals surface area contributed by atoms with Gasteiger partial charge in [-0.05, 0) is 31.7 Å². The molecule has 6 heteroatoms. The van der Waals surface area contributed by atoms with E-state index >= 15 is 0 Å². The highest BCUT2D eigenvalue weighted by atomic mass is 16.2. The summed E-state index contributed by atoms with van der Waals surface area (Å²) in [6, 6.07) is -0.126. The highest BCUT2D eigenvalue weighted by Gasteiger charge is 2.27. The number of H-pyrrole nitrogens is 1. The molecule has 0 amide bonds. The van der Waals surface area contributed by atoms with Crippen LogP contribution in [0.5, 0.6) is 0 Å². The van der Waals surface area contributed by atoms with Gasteiger partial charge in [-0.3, -0.25) is 19.1 Å². The van der Waals surface area contributed by atoms with Crippen LogP contribution in [-0.4, -0.2) is 20.3 Å². The molecular weight excluding hydrogens is 270 g/mol. The standard InChI is InChI=1S/C15H17N3O3/c1-7(2)18-13-12(14(20)17-15(18)21)9-4-8(3)5-11(19)10(9)6-16-13/h6-8H,4-5H2,1-3H3,(H,17,20,21)/t8-/m0/s1. The lowest BCUT2D eigenvalue weighted by Gasteiger charge is -2.22. The van der Waals surface area contributed by atoms with Crippen LogP contribution in [0.2, 0.25) is 0 Å². The summed E-state index contributed by atoms with van der Waals surface area (Å²) in [5.41, 5.74) is 0.669. The number of aromatic amines is 1. The Kier molecular flexibility index (Phi) is 3.04. The minimum absolute atomic E-state index is 0.0137. The second-order valence-corrected chi connectivity index (χ2v) is 6.01. The molecule has 2 aromatic rings. The predicted molar refractivity (Wildman–Crippen MR) is 78.8 cm³/mol. The quantitative estimate of drug-likeness (QED) is 0.859. The van der Waals surface area contributed by atoms with Gasteiger partial charge in [0.2, 0.25) is 0 Å². The van der Waals surface area contributed by atoms with Crippen molar-refractivity contribution < 1.29 is 4.79 Å². The molecule has 0 unspecified atom stereocenters. The van der Waals surface area contributed by atoms with Crippen LogP contribution in [0.3, 0.4) is 0 Å². The van der Waals surface area contributed by atoms with Gasteiger partial charge in [-0.25, -0.2) is 9.78 Å². The highest BCUT2D eigenvalue weighted by molar-refractivity contribution is 6.02. The molecule has 0 spiro atoms. The number of ketones is 1. The van der Waals surface area contributed by atoms with E-state index in [0.29, 0.717) is 29.4 Å². The van der Waals surface area contributed by atoms with Crippen molar-refractivity contribution >= 4 is 16.8 Å². The molecule has 1 N–H and O–H groups in total. The lowest BCUT2D eigenvalue weighted by molar-refractivity contribution is 0.0953. The number of pyridine rings is 1. The number of hydrogen-bond donors (Lipinski definition) is 1. The van der Waals surface area contributed by atoms with Crippen molar-refractivity contribution in [1.82, 2.24) is 14.5 Å². The van der Waals surface area contributed by atoms with E-state index in [1.54, 1.807) is 0 Å². The monoisotopic (exact) mass is 287 g/mol. The topological polar surface area (TPSA) is 84.8 Å². The molecule has 2 heterocycles. The molecule has 6 nitrogen and oxygen atoms in total. The molecule has 1 aliphatic rings. The van der Waals surface area contributed by atoms with E-state index in [9.17, 15) is 14.4 Å². The fourth-order valence-corrected chi connectivity index (χ4v) is 3.05. The van der Waals surface area contributed by atoms with Gasteiger partial charge in [-0.1, -0.05) is 6.92 Å². The summed E-state index contributed by atoms with van der Waals surface area (Å²) in [7, 11) is 0. The number of rotatable bonds is 1. The molecule has 0 bridgehead atoms. The number of hydrogen-bond acceptors (Lipinski definition) is 4. The van der Waals surface area contributed by atoms with Gasteiger partial charge in [0.15, 0.2) is 5.78 Å². The zero-order chi connectivity index (χ0) is 15.3. The van der Waals surface area contributed by atoms with Crippen LogP contribution in [0, 0.1) is 5.92 Å². The second kappa shape index (κ2) is 4.65. The predicted octanol–water partition coefficient (Wildman–Crippen LogP) is 1.43. The van der Waals surface area contributed by atoms with Crippen molar-refractivity contribution in [1.29, 1.82) is 0 Å². The Morgan fingerprint density at radius 2 is 2.00 bits per heavy atom. The van der Waals surface area contributed by atoms with Gasteiger partial charge < -0.3 is 0 Å². The first kappa shape index (κ1) is 13.7. The fourth-order valence-electron chi connectivity index (χ4n) is 3.05. The lowest BCUT2D eigenvalue weighted by Crippen LogP contribution is -2.33. The summed E-state index contributed by atoms with van der Waals surface area (Å²) < 4.78 is 1.46. The Hall–Kier alpha value is -2.24. The maximum Gasteiger partial charge on any atom is 0.330 e. The maximum atomic E-state index is 12.2. The first-order chi connectivity index (χ1) is 9.90. The summed E-state index contributed by atoms with van der Waals surface area (Å²) >= 11 is 0. The summed E-state index contributed by atoms with van der Waals surface area (Å²) in [5.74, 6) is 0.203. The molecule has 1 aliphatic carbocycles. The summed E-state index contributed by atoms with van der Waals surface area (Å²) in [6.45, 7) is 5.70. The third kappa shape index (κ3) is 2.02. The molecule has 0 saturated carbocycles. The first-order valence-corrected chi connectivity index (χ1v) is 7.09. The third-order valence-electron chi connectivity index (χ3n) is 3.96. The Morgan fingerprint density at radius 1 is 1.29 bits per heavy atom. The molecule has 3 rings (SSSR count). The fraction of sp³-hybridized carbons (Fsp3) is 0.467. The number of nitrogens with zero attached hydrogens (tertiary/aromatic N) is 2. The molecule has 110 valence electrons. The lowest BCUT2D eigenvalue weighted by atomic mass is 9.84.